The van der Waals surface area contributed by atoms with Gasteiger partial charge in [0.15, 0.2) is 16.6 Å². The van der Waals surface area contributed by atoms with Crippen LogP contribution in [0.5, 0.6) is 0 Å². The first kappa shape index (κ1) is 23.8. The molecule has 0 unspecified atom stereocenters. The number of nitrogens with one attached hydrogen (secondary N) is 2. The number of thioether (sulfide) groups is 1. The molecule has 4 aromatic rings. The molecule has 1 aliphatic carbocycles. The van der Waals surface area contributed by atoms with Crippen LogP contribution in [-0.2, 0) is 17.6 Å². The van der Waals surface area contributed by atoms with E-state index in [1.807, 2.05) is 42.6 Å². The van der Waals surface area contributed by atoms with Gasteiger partial charge in [0.05, 0.1) is 16.5 Å². The molecular weight excluding hydrogens is 458 g/mol. The lowest BCUT2D eigenvalue weighted by atomic mass is 9.95. The van der Waals surface area contributed by atoms with Crippen LogP contribution < -0.4 is 5.32 Å². The van der Waals surface area contributed by atoms with Gasteiger partial charge in [-0.3, -0.25) is 9.89 Å². The Morgan fingerprint density at radius 3 is 2.71 bits per heavy atom. The second-order valence-electron chi connectivity index (χ2n) is 9.45. The van der Waals surface area contributed by atoms with Gasteiger partial charge in [0.25, 0.3) is 0 Å². The summed E-state index contributed by atoms with van der Waals surface area (Å²) in [4.78, 5) is 22.9. The van der Waals surface area contributed by atoms with Gasteiger partial charge in [-0.2, -0.15) is 9.61 Å². The van der Waals surface area contributed by atoms with Crippen LogP contribution in [0.2, 0.25) is 0 Å². The summed E-state index contributed by atoms with van der Waals surface area (Å²) in [6, 6.07) is 8.30. The SMILES string of the molecule is CC[C@@H](Sc1nc2ccccc2c2nc(CCc3c(C)n[nH]c3C)nn12)C(=O)NC1CCCCC1. The van der Waals surface area contributed by atoms with Crippen molar-refractivity contribution in [3.8, 4) is 0 Å². The zero-order chi connectivity index (χ0) is 24.4. The highest BCUT2D eigenvalue weighted by atomic mass is 32.2. The highest BCUT2D eigenvalue weighted by molar-refractivity contribution is 8.00. The Morgan fingerprint density at radius 2 is 1.97 bits per heavy atom. The Morgan fingerprint density at radius 1 is 1.17 bits per heavy atom. The predicted molar refractivity (Wildman–Crippen MR) is 139 cm³/mol. The van der Waals surface area contributed by atoms with E-state index < -0.39 is 0 Å². The first-order valence-electron chi connectivity index (χ1n) is 12.7. The van der Waals surface area contributed by atoms with Crippen LogP contribution in [0.15, 0.2) is 29.4 Å². The average Bonchev–Trinajstić information content (AvgIpc) is 3.44. The topological polar surface area (TPSA) is 101 Å². The Bertz CT molecular complexity index is 1320. The molecule has 2 N–H and O–H groups in total. The molecule has 184 valence electrons. The van der Waals surface area contributed by atoms with Crippen molar-refractivity contribution < 1.29 is 4.79 Å². The van der Waals surface area contributed by atoms with Gasteiger partial charge < -0.3 is 5.32 Å². The molecular formula is C26H33N7OS. The minimum Gasteiger partial charge on any atom is -0.352 e. The van der Waals surface area contributed by atoms with Gasteiger partial charge in [-0.15, -0.1) is 5.10 Å². The van der Waals surface area contributed by atoms with Crippen molar-refractivity contribution in [3.63, 3.8) is 0 Å². The van der Waals surface area contributed by atoms with Gasteiger partial charge in [-0.25, -0.2) is 9.97 Å². The molecule has 1 atom stereocenters. The van der Waals surface area contributed by atoms with Gasteiger partial charge >= 0.3 is 0 Å². The normalized spacial score (nSPS) is 15.6. The molecule has 0 bridgehead atoms. The molecule has 1 aromatic carbocycles. The summed E-state index contributed by atoms with van der Waals surface area (Å²) < 4.78 is 1.83. The highest BCUT2D eigenvalue weighted by Crippen LogP contribution is 2.29. The van der Waals surface area contributed by atoms with Crippen molar-refractivity contribution in [2.24, 2.45) is 0 Å². The minimum atomic E-state index is -0.224. The van der Waals surface area contributed by atoms with Crippen LogP contribution in [0.1, 0.15) is 68.2 Å². The Balaban J connectivity index is 1.43. The molecule has 1 amide bonds. The molecule has 9 heteroatoms. The Labute approximate surface area is 209 Å². The van der Waals surface area contributed by atoms with Crippen LogP contribution in [0, 0.1) is 13.8 Å². The molecule has 0 radical (unpaired) electrons. The first-order chi connectivity index (χ1) is 17.0. The highest BCUT2D eigenvalue weighted by Gasteiger charge is 2.25. The molecule has 0 aliphatic heterocycles. The summed E-state index contributed by atoms with van der Waals surface area (Å²) in [6.07, 6.45) is 8.07. The quantitative estimate of drug-likeness (QED) is 0.273. The lowest BCUT2D eigenvalue weighted by molar-refractivity contribution is -0.121. The van der Waals surface area contributed by atoms with Crippen molar-refractivity contribution in [2.45, 2.75) is 88.6 Å². The van der Waals surface area contributed by atoms with Gasteiger partial charge in [-0.05, 0) is 57.2 Å². The third kappa shape index (κ3) is 5.05. The Kier molecular flexibility index (Phi) is 7.04. The second-order valence-corrected chi connectivity index (χ2v) is 10.6. The van der Waals surface area contributed by atoms with Crippen molar-refractivity contribution in [3.05, 3.63) is 47.0 Å². The standard InChI is InChI=1S/C26H33N7OS/c1-4-22(25(34)27-18-10-6-5-7-11-18)35-26-28-21-13-9-8-12-20(21)24-29-23(32-33(24)26)15-14-19-16(2)30-31-17(19)3/h8-9,12-13,18,22H,4-7,10-11,14-15H2,1-3H3,(H,27,34)(H,30,31)/t22-/m1/s1. The van der Waals surface area contributed by atoms with Crippen LogP contribution >= 0.6 is 11.8 Å². The summed E-state index contributed by atoms with van der Waals surface area (Å²) in [5.74, 6) is 0.864. The largest absolute Gasteiger partial charge is 0.352 e. The van der Waals surface area contributed by atoms with Gasteiger partial charge in [-0.1, -0.05) is 50.1 Å². The Hall–Kier alpha value is -2.94. The average molecular weight is 492 g/mol. The lowest BCUT2D eigenvalue weighted by Crippen LogP contribution is -2.41. The number of benzene rings is 1. The van der Waals surface area contributed by atoms with Crippen molar-refractivity contribution in [1.82, 2.24) is 35.1 Å². The van der Waals surface area contributed by atoms with E-state index in [9.17, 15) is 4.79 Å². The summed E-state index contributed by atoms with van der Waals surface area (Å²) >= 11 is 1.49. The number of H-pyrrole nitrogens is 1. The third-order valence-corrected chi connectivity index (χ3v) is 8.24. The summed E-state index contributed by atoms with van der Waals surface area (Å²) in [5.41, 5.74) is 4.97. The van der Waals surface area contributed by atoms with Gasteiger partial charge in [0.2, 0.25) is 5.91 Å². The smallest absolute Gasteiger partial charge is 0.233 e. The number of amides is 1. The van der Waals surface area contributed by atoms with E-state index in [0.29, 0.717) is 17.6 Å². The number of aromatic nitrogens is 6. The molecule has 5 rings (SSSR count). The summed E-state index contributed by atoms with van der Waals surface area (Å²) in [5, 5.41) is 16.9. The van der Waals surface area contributed by atoms with Crippen LogP contribution in [-0.4, -0.2) is 47.0 Å². The minimum absolute atomic E-state index is 0.0961. The maximum Gasteiger partial charge on any atom is 0.233 e. The number of rotatable bonds is 8. The van der Waals surface area contributed by atoms with Crippen molar-refractivity contribution >= 4 is 34.2 Å². The molecule has 0 saturated heterocycles. The number of carbonyl (C=O) groups excluding carboxylic acids is 1. The first-order valence-corrected chi connectivity index (χ1v) is 13.5. The fraction of sp³-hybridized carbons (Fsp3) is 0.500. The van der Waals surface area contributed by atoms with Crippen molar-refractivity contribution in [1.29, 1.82) is 0 Å². The predicted octanol–water partition coefficient (Wildman–Crippen LogP) is 4.72. The molecule has 1 aliphatic rings. The van der Waals surface area contributed by atoms with E-state index in [1.165, 1.54) is 36.6 Å². The zero-order valence-electron chi connectivity index (χ0n) is 20.7. The van der Waals surface area contributed by atoms with E-state index in [-0.39, 0.29) is 11.2 Å². The van der Waals surface area contributed by atoms with Crippen LogP contribution in [0.4, 0.5) is 0 Å². The maximum atomic E-state index is 13.1. The number of fused-ring (bicyclic) bond motifs is 3. The summed E-state index contributed by atoms with van der Waals surface area (Å²) in [7, 11) is 0. The number of carbonyl (C=O) groups is 1. The number of nitrogens with zero attached hydrogens (tertiary/aromatic N) is 5. The molecule has 8 nitrogen and oxygen atoms in total. The van der Waals surface area contributed by atoms with E-state index in [1.54, 1.807) is 0 Å². The van der Waals surface area contributed by atoms with Gasteiger partial charge in [0.1, 0.15) is 0 Å². The van der Waals surface area contributed by atoms with E-state index in [4.69, 9.17) is 15.1 Å². The molecule has 1 fully saturated rings. The zero-order valence-corrected chi connectivity index (χ0v) is 21.5. The fourth-order valence-corrected chi connectivity index (χ4v) is 5.90. The number of hydrogen-bond donors (Lipinski definition) is 2. The molecule has 0 spiro atoms. The van der Waals surface area contributed by atoms with Crippen LogP contribution in [0.3, 0.4) is 0 Å². The second kappa shape index (κ2) is 10.4. The van der Waals surface area contributed by atoms with Gasteiger partial charge in [0, 0.05) is 23.5 Å². The molecule has 35 heavy (non-hydrogen) atoms. The lowest BCUT2D eigenvalue weighted by Gasteiger charge is -2.25. The third-order valence-electron chi connectivity index (χ3n) is 6.94. The number of aromatic amines is 1. The summed E-state index contributed by atoms with van der Waals surface area (Å²) in [6.45, 7) is 6.12. The maximum absolute atomic E-state index is 13.1. The molecule has 3 aromatic heterocycles. The number of para-hydroxylation sites is 1. The fourth-order valence-electron chi connectivity index (χ4n) is 4.93. The van der Waals surface area contributed by atoms with E-state index in [2.05, 4.69) is 22.4 Å². The molecule has 1 saturated carbocycles. The van der Waals surface area contributed by atoms with Crippen molar-refractivity contribution in [2.75, 3.05) is 0 Å². The van der Waals surface area contributed by atoms with Crippen LogP contribution in [0.25, 0.3) is 16.6 Å². The monoisotopic (exact) mass is 491 g/mol. The molecule has 3 heterocycles. The van der Waals surface area contributed by atoms with E-state index in [0.717, 1.165) is 59.4 Å². The van der Waals surface area contributed by atoms with E-state index >= 15 is 0 Å². The number of hydrogen-bond acceptors (Lipinski definition) is 6. The number of aryl methyl sites for hydroxylation is 3.